The zero-order valence-corrected chi connectivity index (χ0v) is 17.8. The molecule has 7 rings (SSSR count). The van der Waals surface area contributed by atoms with Gasteiger partial charge in [0.2, 0.25) is 5.79 Å². The van der Waals surface area contributed by atoms with Crippen molar-refractivity contribution in [3.63, 3.8) is 0 Å². The maximum atomic E-state index is 13.6. The number of hydrogen-bond donors (Lipinski definition) is 5. The van der Waals surface area contributed by atoms with Crippen LogP contribution < -0.4 is 0 Å². The van der Waals surface area contributed by atoms with E-state index < -0.39 is 88.3 Å². The molecule has 4 aliphatic carbocycles. The van der Waals surface area contributed by atoms with Gasteiger partial charge in [0.15, 0.2) is 12.1 Å². The van der Waals surface area contributed by atoms with Crippen LogP contribution in [0.25, 0.3) is 0 Å². The summed E-state index contributed by atoms with van der Waals surface area (Å²) in [4.78, 5) is 25.7. The first kappa shape index (κ1) is 21.2. The summed E-state index contributed by atoms with van der Waals surface area (Å²) in [7, 11) is 0. The molecule has 2 spiro atoms. The molecule has 0 aromatic heterocycles. The lowest BCUT2D eigenvalue weighted by molar-refractivity contribution is -0.536. The third kappa shape index (κ3) is 1.81. The molecular formula is C22H28O10. The number of esters is 1. The van der Waals surface area contributed by atoms with E-state index in [1.54, 1.807) is 6.92 Å². The minimum atomic E-state index is -2.35. The van der Waals surface area contributed by atoms with Crippen LogP contribution >= 0.6 is 0 Å². The molecule has 10 nitrogen and oxygen atoms in total. The monoisotopic (exact) mass is 452 g/mol. The van der Waals surface area contributed by atoms with Crippen LogP contribution in [0.4, 0.5) is 0 Å². The van der Waals surface area contributed by atoms with Gasteiger partial charge in [0.05, 0.1) is 29.6 Å². The van der Waals surface area contributed by atoms with E-state index in [0.29, 0.717) is 0 Å². The van der Waals surface area contributed by atoms with Gasteiger partial charge in [-0.1, -0.05) is 13.5 Å². The van der Waals surface area contributed by atoms with E-state index >= 15 is 0 Å². The molecule has 4 saturated carbocycles. The van der Waals surface area contributed by atoms with Gasteiger partial charge in [0.25, 0.3) is 0 Å². The Balaban J connectivity index is 1.67. The van der Waals surface area contributed by atoms with Crippen LogP contribution in [0.3, 0.4) is 0 Å². The van der Waals surface area contributed by atoms with Gasteiger partial charge in [-0.25, -0.2) is 0 Å². The number of rotatable bonds is 1. The Morgan fingerprint density at radius 3 is 2.56 bits per heavy atom. The number of fused-ring (bicyclic) bond motifs is 1. The molecule has 13 atom stereocenters. The maximum absolute atomic E-state index is 13.6. The third-order valence-electron chi connectivity index (χ3n) is 9.77. The molecule has 176 valence electrons. The average molecular weight is 452 g/mol. The van der Waals surface area contributed by atoms with Gasteiger partial charge in [0.1, 0.15) is 18.3 Å². The maximum Gasteiger partial charge on any atom is 0.303 e. The molecule has 7 aliphatic rings. The van der Waals surface area contributed by atoms with Gasteiger partial charge >= 0.3 is 5.97 Å². The highest BCUT2D eigenvalue weighted by Crippen LogP contribution is 2.79. The molecule has 3 aliphatic heterocycles. The summed E-state index contributed by atoms with van der Waals surface area (Å²) in [6, 6.07) is 0. The molecule has 0 radical (unpaired) electrons. The molecular weight excluding hydrogens is 424 g/mol. The van der Waals surface area contributed by atoms with Crippen molar-refractivity contribution in [2.24, 2.45) is 34.0 Å². The van der Waals surface area contributed by atoms with E-state index in [1.807, 2.05) is 0 Å². The van der Waals surface area contributed by atoms with Crippen LogP contribution in [-0.2, 0) is 23.8 Å². The standard InChI is InChI=1S/C22H28O10/c1-7-9-5-20(14(7)26)11(4-10(9)24)21-13-16(28)22(20,29)32-18(21)30-6-19(13,3)15(27)12(25)17(21)31-8(2)23/h9-13,15-18,24-25,27-29H,1,4-6H2,2-3H3/t9-,10-,11-,12-,13-,15-,16+,17+,18-,19+,20+,21-,22-/m1/s1. The lowest BCUT2D eigenvalue weighted by atomic mass is 9.34. The van der Waals surface area contributed by atoms with Crippen molar-refractivity contribution >= 4 is 11.8 Å². The summed E-state index contributed by atoms with van der Waals surface area (Å²) >= 11 is 0. The summed E-state index contributed by atoms with van der Waals surface area (Å²) < 4.78 is 17.5. The Bertz CT molecular complexity index is 951. The Labute approximate surface area is 183 Å². The number of aliphatic hydroxyl groups is 5. The van der Waals surface area contributed by atoms with Gasteiger partial charge < -0.3 is 39.7 Å². The van der Waals surface area contributed by atoms with Gasteiger partial charge in [-0.2, -0.15) is 0 Å². The lowest BCUT2D eigenvalue weighted by Crippen LogP contribution is -2.91. The molecule has 0 amide bonds. The van der Waals surface area contributed by atoms with E-state index in [1.165, 1.54) is 0 Å². The predicted octanol–water partition coefficient (Wildman–Crippen LogP) is -1.78. The fourth-order valence-electron chi connectivity index (χ4n) is 8.65. The average Bonchev–Trinajstić information content (AvgIpc) is 2.95. The highest BCUT2D eigenvalue weighted by molar-refractivity contribution is 6.04. The minimum Gasteiger partial charge on any atom is -0.459 e. The van der Waals surface area contributed by atoms with Gasteiger partial charge in [-0.15, -0.1) is 0 Å². The summed E-state index contributed by atoms with van der Waals surface area (Å²) in [6.07, 6.45) is -8.21. The van der Waals surface area contributed by atoms with Crippen LogP contribution in [0, 0.1) is 34.0 Å². The summed E-state index contributed by atoms with van der Waals surface area (Å²) in [5.74, 6) is -6.01. The number of hydrogen-bond acceptors (Lipinski definition) is 10. The first-order valence-electron chi connectivity index (χ1n) is 11.0. The van der Waals surface area contributed by atoms with E-state index in [4.69, 9.17) is 14.2 Å². The molecule has 0 unspecified atom stereocenters. The zero-order chi connectivity index (χ0) is 23.2. The Morgan fingerprint density at radius 1 is 1.22 bits per heavy atom. The molecule has 32 heavy (non-hydrogen) atoms. The molecule has 3 heterocycles. The molecule has 0 aromatic carbocycles. The van der Waals surface area contributed by atoms with E-state index in [2.05, 4.69) is 6.58 Å². The Kier molecular flexibility index (Phi) is 3.84. The highest BCUT2D eigenvalue weighted by atomic mass is 16.8. The fraction of sp³-hybridized carbons (Fsp3) is 0.818. The van der Waals surface area contributed by atoms with Gasteiger partial charge in [-0.3, -0.25) is 9.59 Å². The second kappa shape index (κ2) is 5.80. The normalized spacial score (nSPS) is 62.0. The smallest absolute Gasteiger partial charge is 0.303 e. The number of Topliss-reactive ketones (excluding diaryl/α,β-unsaturated/α-hetero) is 1. The quantitative estimate of drug-likeness (QED) is 0.227. The van der Waals surface area contributed by atoms with Crippen LogP contribution in [-0.4, -0.2) is 86.5 Å². The number of aliphatic hydroxyl groups excluding tert-OH is 4. The summed E-state index contributed by atoms with van der Waals surface area (Å²) in [5.41, 5.74) is -4.23. The van der Waals surface area contributed by atoms with Gasteiger partial charge in [-0.05, 0) is 24.3 Å². The predicted molar refractivity (Wildman–Crippen MR) is 102 cm³/mol. The van der Waals surface area contributed by atoms with E-state index in [-0.39, 0.29) is 25.0 Å². The Hall–Kier alpha value is -1.40. The highest BCUT2D eigenvalue weighted by Gasteiger charge is 2.91. The summed E-state index contributed by atoms with van der Waals surface area (Å²) in [6.45, 7) is 6.54. The first-order chi connectivity index (χ1) is 14.9. The van der Waals surface area contributed by atoms with Crippen LogP contribution in [0.1, 0.15) is 26.7 Å². The van der Waals surface area contributed by atoms with Crippen molar-refractivity contribution in [1.82, 2.24) is 0 Å². The third-order valence-corrected chi connectivity index (χ3v) is 9.77. The molecule has 7 fully saturated rings. The van der Waals surface area contributed by atoms with Crippen molar-refractivity contribution in [1.29, 1.82) is 0 Å². The molecule has 7 bridgehead atoms. The Morgan fingerprint density at radius 2 is 1.91 bits per heavy atom. The lowest BCUT2D eigenvalue weighted by Gasteiger charge is -2.78. The van der Waals surface area contributed by atoms with Crippen molar-refractivity contribution in [2.75, 3.05) is 6.61 Å². The number of ether oxygens (including phenoxy) is 3. The number of ketones is 1. The minimum absolute atomic E-state index is 0.00735. The van der Waals surface area contributed by atoms with E-state index in [0.717, 1.165) is 6.92 Å². The van der Waals surface area contributed by atoms with Crippen LogP contribution in [0.2, 0.25) is 0 Å². The van der Waals surface area contributed by atoms with E-state index in [9.17, 15) is 35.1 Å². The molecule has 5 N–H and O–H groups in total. The fourth-order valence-corrected chi connectivity index (χ4v) is 8.65. The number of carbonyl (C=O) groups excluding carboxylic acids is 2. The SMILES string of the molecule is C=C1C(=O)[C@]23C[C@H]1[C@H](O)C[C@H]2[C@]12[C@@H]4OC[C@](C)([C@H](O)[C@@H](O)[C@@H]1OC(C)=O)[C@H]2[C@H](O)[C@@]3(O)O4. The van der Waals surface area contributed by atoms with Crippen molar-refractivity contribution < 1.29 is 49.3 Å². The summed E-state index contributed by atoms with van der Waals surface area (Å²) in [5, 5.41) is 56.7. The molecule has 3 saturated heterocycles. The molecule has 10 heteroatoms. The second-order valence-corrected chi connectivity index (χ2v) is 10.8. The van der Waals surface area contributed by atoms with Crippen LogP contribution in [0.5, 0.6) is 0 Å². The van der Waals surface area contributed by atoms with Gasteiger partial charge in [0, 0.05) is 24.2 Å². The zero-order valence-electron chi connectivity index (χ0n) is 17.8. The van der Waals surface area contributed by atoms with Crippen molar-refractivity contribution in [3.8, 4) is 0 Å². The largest absolute Gasteiger partial charge is 0.459 e. The number of carbonyl (C=O) groups is 2. The topological polar surface area (TPSA) is 163 Å². The van der Waals surface area contributed by atoms with Crippen molar-refractivity contribution in [3.05, 3.63) is 12.2 Å². The second-order valence-electron chi connectivity index (χ2n) is 10.8. The molecule has 0 aromatic rings. The van der Waals surface area contributed by atoms with Crippen molar-refractivity contribution in [2.45, 2.75) is 69.3 Å². The van der Waals surface area contributed by atoms with Crippen LogP contribution in [0.15, 0.2) is 12.2 Å². The first-order valence-corrected chi connectivity index (χ1v) is 11.0.